The van der Waals surface area contributed by atoms with Gasteiger partial charge in [0.15, 0.2) is 0 Å². The molecule has 0 radical (unpaired) electrons. The van der Waals surface area contributed by atoms with E-state index in [-0.39, 0.29) is 6.04 Å². The molecule has 1 fully saturated rings. The van der Waals surface area contributed by atoms with Crippen LogP contribution in [0.4, 0.5) is 0 Å². The number of hydrogen-bond donors (Lipinski definition) is 1. The Kier molecular flexibility index (Phi) is 4.53. The summed E-state index contributed by atoms with van der Waals surface area (Å²) in [5.41, 5.74) is 7.12. The largest absolute Gasteiger partial charge is 0.379 e. The smallest absolute Gasteiger partial charge is 0.0594 e. The van der Waals surface area contributed by atoms with Gasteiger partial charge in [-0.15, -0.1) is 0 Å². The monoisotopic (exact) mass is 238 g/mol. The minimum atomic E-state index is 0.282. The number of rotatable bonds is 5. The van der Waals surface area contributed by atoms with Crippen molar-refractivity contribution >= 4 is 0 Å². The molecule has 1 saturated heterocycles. The van der Waals surface area contributed by atoms with E-state index in [1.54, 1.807) is 0 Å². The summed E-state index contributed by atoms with van der Waals surface area (Å²) in [5.74, 6) is 0. The molecule has 1 aliphatic heterocycles. The summed E-state index contributed by atoms with van der Waals surface area (Å²) in [4.78, 5) is 2.39. The van der Waals surface area contributed by atoms with Crippen molar-refractivity contribution in [1.29, 1.82) is 0 Å². The average molecular weight is 238 g/mol. The summed E-state index contributed by atoms with van der Waals surface area (Å²) in [6, 6.07) is 0.282. The van der Waals surface area contributed by atoms with Crippen LogP contribution in [0.1, 0.15) is 24.9 Å². The Morgan fingerprint density at radius 1 is 1.47 bits per heavy atom. The number of morpholine rings is 1. The van der Waals surface area contributed by atoms with Gasteiger partial charge in [0, 0.05) is 37.9 Å². The highest BCUT2D eigenvalue weighted by molar-refractivity contribution is 5.11. The molecular weight excluding hydrogens is 216 g/mol. The van der Waals surface area contributed by atoms with Crippen molar-refractivity contribution < 1.29 is 4.74 Å². The summed E-state index contributed by atoms with van der Waals surface area (Å²) < 4.78 is 7.37. The van der Waals surface area contributed by atoms with Crippen molar-refractivity contribution in [3.05, 3.63) is 18.0 Å². The van der Waals surface area contributed by atoms with Crippen LogP contribution in [-0.4, -0.2) is 47.5 Å². The molecule has 1 aromatic heterocycles. The van der Waals surface area contributed by atoms with Crippen LogP contribution in [0.3, 0.4) is 0 Å². The third kappa shape index (κ3) is 3.06. The number of hydrogen-bond acceptors (Lipinski definition) is 4. The van der Waals surface area contributed by atoms with Crippen LogP contribution >= 0.6 is 0 Å². The normalized spacial score (nSPS) is 19.4. The Morgan fingerprint density at radius 3 is 2.88 bits per heavy atom. The molecule has 0 spiro atoms. The van der Waals surface area contributed by atoms with Crippen LogP contribution in [0.5, 0.6) is 0 Å². The average Bonchev–Trinajstić information content (AvgIpc) is 2.81. The number of nitrogens with zero attached hydrogens (tertiary/aromatic N) is 3. The second kappa shape index (κ2) is 6.14. The number of aryl methyl sites for hydroxylation is 1. The molecule has 5 heteroatoms. The van der Waals surface area contributed by atoms with Gasteiger partial charge in [0.05, 0.1) is 25.5 Å². The maximum atomic E-state index is 5.90. The summed E-state index contributed by atoms with van der Waals surface area (Å²) in [6.45, 7) is 7.29. The van der Waals surface area contributed by atoms with Crippen molar-refractivity contribution in [3.8, 4) is 0 Å². The summed E-state index contributed by atoms with van der Waals surface area (Å²) in [5, 5.41) is 4.37. The standard InChI is InChI=1S/C12H22N4O/c1-2-3-16-10-11(9-14-16)12(8-13)15-4-6-17-7-5-15/h9-10,12H,2-8,13H2,1H3. The van der Waals surface area contributed by atoms with Gasteiger partial charge < -0.3 is 10.5 Å². The Hall–Kier alpha value is -0.910. The molecule has 1 unspecified atom stereocenters. The van der Waals surface area contributed by atoms with Crippen molar-refractivity contribution in [3.63, 3.8) is 0 Å². The van der Waals surface area contributed by atoms with Crippen LogP contribution in [-0.2, 0) is 11.3 Å². The highest BCUT2D eigenvalue weighted by Crippen LogP contribution is 2.20. The topological polar surface area (TPSA) is 56.3 Å². The third-order valence-corrected chi connectivity index (χ3v) is 3.20. The Balaban J connectivity index is 2.04. The number of aromatic nitrogens is 2. The fourth-order valence-corrected chi connectivity index (χ4v) is 2.29. The van der Waals surface area contributed by atoms with Crippen LogP contribution in [0.25, 0.3) is 0 Å². The highest BCUT2D eigenvalue weighted by Gasteiger charge is 2.22. The molecule has 17 heavy (non-hydrogen) atoms. The molecule has 0 aliphatic carbocycles. The lowest BCUT2D eigenvalue weighted by molar-refractivity contribution is 0.0179. The molecular formula is C12H22N4O. The molecule has 2 N–H and O–H groups in total. The summed E-state index contributed by atoms with van der Waals surface area (Å²) in [6.07, 6.45) is 5.17. The van der Waals surface area contributed by atoms with Gasteiger partial charge in [0.25, 0.3) is 0 Å². The van der Waals surface area contributed by atoms with E-state index in [0.29, 0.717) is 6.54 Å². The molecule has 5 nitrogen and oxygen atoms in total. The highest BCUT2D eigenvalue weighted by atomic mass is 16.5. The van der Waals surface area contributed by atoms with Gasteiger partial charge in [0.2, 0.25) is 0 Å². The maximum Gasteiger partial charge on any atom is 0.0594 e. The molecule has 1 aliphatic rings. The summed E-state index contributed by atoms with van der Waals surface area (Å²) >= 11 is 0. The molecule has 2 heterocycles. The molecule has 0 amide bonds. The lowest BCUT2D eigenvalue weighted by atomic mass is 10.1. The fourth-order valence-electron chi connectivity index (χ4n) is 2.29. The van der Waals surface area contributed by atoms with Gasteiger partial charge in [-0.2, -0.15) is 5.10 Å². The van der Waals surface area contributed by atoms with Crippen molar-refractivity contribution in [1.82, 2.24) is 14.7 Å². The molecule has 0 saturated carbocycles. The maximum absolute atomic E-state index is 5.90. The Labute approximate surface area is 103 Å². The van der Waals surface area contributed by atoms with Crippen LogP contribution in [0.2, 0.25) is 0 Å². The first-order valence-corrected chi connectivity index (χ1v) is 6.39. The second-order valence-corrected chi connectivity index (χ2v) is 4.44. The van der Waals surface area contributed by atoms with Crippen LogP contribution in [0.15, 0.2) is 12.4 Å². The molecule has 1 aromatic rings. The second-order valence-electron chi connectivity index (χ2n) is 4.44. The van der Waals surface area contributed by atoms with Gasteiger partial charge in [-0.1, -0.05) is 6.92 Å². The number of nitrogens with two attached hydrogens (primary N) is 1. The van der Waals surface area contributed by atoms with E-state index >= 15 is 0 Å². The number of ether oxygens (including phenoxy) is 1. The van der Waals surface area contributed by atoms with Gasteiger partial charge in [-0.3, -0.25) is 9.58 Å². The zero-order valence-corrected chi connectivity index (χ0v) is 10.5. The SMILES string of the molecule is CCCn1cc(C(CN)N2CCOCC2)cn1. The zero-order valence-electron chi connectivity index (χ0n) is 10.5. The molecule has 0 bridgehead atoms. The van der Waals surface area contributed by atoms with E-state index in [4.69, 9.17) is 10.5 Å². The first-order valence-electron chi connectivity index (χ1n) is 6.39. The quantitative estimate of drug-likeness (QED) is 0.817. The minimum Gasteiger partial charge on any atom is -0.379 e. The lowest BCUT2D eigenvalue weighted by Crippen LogP contribution is -2.41. The summed E-state index contributed by atoms with van der Waals surface area (Å²) in [7, 11) is 0. The Morgan fingerprint density at radius 2 is 2.24 bits per heavy atom. The van der Waals surface area contributed by atoms with Crippen molar-refractivity contribution in [2.75, 3.05) is 32.8 Å². The molecule has 1 atom stereocenters. The fraction of sp³-hybridized carbons (Fsp3) is 0.750. The van der Waals surface area contributed by atoms with Crippen LogP contribution < -0.4 is 5.73 Å². The molecule has 96 valence electrons. The van der Waals surface area contributed by atoms with E-state index in [2.05, 4.69) is 23.1 Å². The van der Waals surface area contributed by atoms with Crippen molar-refractivity contribution in [2.24, 2.45) is 5.73 Å². The zero-order chi connectivity index (χ0) is 12.1. The van der Waals surface area contributed by atoms with Gasteiger partial charge in [0.1, 0.15) is 0 Å². The predicted molar refractivity (Wildman–Crippen MR) is 66.7 cm³/mol. The van der Waals surface area contributed by atoms with Gasteiger partial charge in [-0.25, -0.2) is 0 Å². The van der Waals surface area contributed by atoms with E-state index in [1.165, 1.54) is 5.56 Å². The van der Waals surface area contributed by atoms with Crippen molar-refractivity contribution in [2.45, 2.75) is 25.9 Å². The van der Waals surface area contributed by atoms with E-state index in [1.807, 2.05) is 10.9 Å². The Bertz CT molecular complexity index is 333. The first-order chi connectivity index (χ1) is 8.35. The molecule has 2 rings (SSSR count). The van der Waals surface area contributed by atoms with Crippen LogP contribution in [0, 0.1) is 0 Å². The first kappa shape index (κ1) is 12.5. The van der Waals surface area contributed by atoms with Gasteiger partial charge >= 0.3 is 0 Å². The van der Waals surface area contributed by atoms with E-state index < -0.39 is 0 Å². The van der Waals surface area contributed by atoms with Gasteiger partial charge in [-0.05, 0) is 6.42 Å². The van der Waals surface area contributed by atoms with E-state index in [0.717, 1.165) is 39.3 Å². The van der Waals surface area contributed by atoms with E-state index in [9.17, 15) is 0 Å². The minimum absolute atomic E-state index is 0.282. The molecule has 0 aromatic carbocycles. The lowest BCUT2D eigenvalue weighted by Gasteiger charge is -2.33. The third-order valence-electron chi connectivity index (χ3n) is 3.20. The predicted octanol–water partition coefficient (Wildman–Crippen LogP) is 0.625.